The van der Waals surface area contributed by atoms with E-state index in [1.807, 2.05) is 42.5 Å². The van der Waals surface area contributed by atoms with Gasteiger partial charge in [-0.25, -0.2) is 0 Å². The molecule has 0 aliphatic rings. The van der Waals surface area contributed by atoms with Crippen LogP contribution in [-0.4, -0.2) is 31.9 Å². The topological polar surface area (TPSA) is 72.7 Å². The third kappa shape index (κ3) is 4.33. The largest absolute Gasteiger partial charge is 0.351 e. The van der Waals surface area contributed by atoms with Gasteiger partial charge >= 0.3 is 0 Å². The summed E-state index contributed by atoms with van der Waals surface area (Å²) < 4.78 is 1.57. The van der Waals surface area contributed by atoms with Crippen molar-refractivity contribution in [1.29, 1.82) is 0 Å². The first-order chi connectivity index (χ1) is 11.7. The van der Waals surface area contributed by atoms with Crippen molar-refractivity contribution in [1.82, 2.24) is 25.5 Å². The van der Waals surface area contributed by atoms with E-state index in [-0.39, 0.29) is 11.7 Å². The number of halogens is 1. The van der Waals surface area contributed by atoms with Gasteiger partial charge in [0.2, 0.25) is 11.1 Å². The molecular formula is C16H14ClN5OS. The summed E-state index contributed by atoms with van der Waals surface area (Å²) in [6, 6.07) is 16.9. The Morgan fingerprint density at radius 3 is 2.62 bits per heavy atom. The van der Waals surface area contributed by atoms with E-state index in [1.165, 1.54) is 11.8 Å². The van der Waals surface area contributed by atoms with Crippen molar-refractivity contribution in [3.63, 3.8) is 0 Å². The molecule has 0 bridgehead atoms. The van der Waals surface area contributed by atoms with Crippen molar-refractivity contribution < 1.29 is 4.79 Å². The van der Waals surface area contributed by atoms with E-state index in [4.69, 9.17) is 11.6 Å². The molecule has 122 valence electrons. The van der Waals surface area contributed by atoms with Gasteiger partial charge in [-0.2, -0.15) is 4.68 Å². The number of nitrogens with one attached hydrogen (secondary N) is 1. The van der Waals surface area contributed by atoms with Crippen molar-refractivity contribution in [3.8, 4) is 5.69 Å². The van der Waals surface area contributed by atoms with Gasteiger partial charge in [0.25, 0.3) is 0 Å². The summed E-state index contributed by atoms with van der Waals surface area (Å²) in [5.41, 5.74) is 1.85. The van der Waals surface area contributed by atoms with Crippen molar-refractivity contribution in [2.75, 3.05) is 5.75 Å². The highest BCUT2D eigenvalue weighted by molar-refractivity contribution is 7.99. The fourth-order valence-electron chi connectivity index (χ4n) is 1.99. The molecule has 1 amide bonds. The molecule has 1 aromatic heterocycles. The third-order valence-corrected chi connectivity index (χ3v) is 4.35. The molecule has 3 rings (SSSR count). The first-order valence-corrected chi connectivity index (χ1v) is 8.56. The molecule has 0 spiro atoms. The van der Waals surface area contributed by atoms with Gasteiger partial charge in [0.1, 0.15) is 0 Å². The van der Waals surface area contributed by atoms with Crippen LogP contribution in [0.25, 0.3) is 5.69 Å². The second-order valence-electron chi connectivity index (χ2n) is 4.90. The molecule has 0 unspecified atom stereocenters. The van der Waals surface area contributed by atoms with Crippen LogP contribution >= 0.6 is 23.4 Å². The van der Waals surface area contributed by atoms with Crippen molar-refractivity contribution >= 4 is 29.3 Å². The first kappa shape index (κ1) is 16.5. The van der Waals surface area contributed by atoms with E-state index in [9.17, 15) is 4.79 Å². The van der Waals surface area contributed by atoms with Gasteiger partial charge in [-0.05, 0) is 40.3 Å². The molecule has 0 aliphatic carbocycles. The molecule has 0 radical (unpaired) electrons. The van der Waals surface area contributed by atoms with Crippen LogP contribution in [-0.2, 0) is 11.3 Å². The Morgan fingerprint density at radius 1 is 1.12 bits per heavy atom. The van der Waals surface area contributed by atoms with E-state index < -0.39 is 0 Å². The second-order valence-corrected chi connectivity index (χ2v) is 6.28. The molecule has 0 saturated carbocycles. The Kier molecular flexibility index (Phi) is 5.45. The Balaban J connectivity index is 1.56. The van der Waals surface area contributed by atoms with Crippen LogP contribution in [0.4, 0.5) is 0 Å². The third-order valence-electron chi connectivity index (χ3n) is 3.18. The lowest BCUT2D eigenvalue weighted by molar-refractivity contribution is -0.118. The fourth-order valence-corrected chi connectivity index (χ4v) is 2.84. The van der Waals surface area contributed by atoms with Gasteiger partial charge in [0, 0.05) is 11.6 Å². The number of benzene rings is 2. The number of tetrazole rings is 1. The number of aromatic nitrogens is 4. The zero-order valence-corrected chi connectivity index (χ0v) is 14.2. The summed E-state index contributed by atoms with van der Waals surface area (Å²) in [4.78, 5) is 12.0. The summed E-state index contributed by atoms with van der Waals surface area (Å²) in [7, 11) is 0. The minimum atomic E-state index is -0.0745. The van der Waals surface area contributed by atoms with Crippen LogP contribution in [0.15, 0.2) is 59.8 Å². The van der Waals surface area contributed by atoms with Crippen LogP contribution < -0.4 is 5.32 Å². The number of nitrogens with zero attached hydrogens (tertiary/aromatic N) is 4. The van der Waals surface area contributed by atoms with E-state index in [1.54, 1.807) is 16.8 Å². The lowest BCUT2D eigenvalue weighted by atomic mass is 10.2. The number of rotatable bonds is 6. The predicted molar refractivity (Wildman–Crippen MR) is 93.2 cm³/mol. The molecule has 2 aromatic carbocycles. The molecule has 1 N–H and O–H groups in total. The number of amides is 1. The maximum absolute atomic E-state index is 12.0. The van der Waals surface area contributed by atoms with Crippen molar-refractivity contribution in [2.24, 2.45) is 0 Å². The van der Waals surface area contributed by atoms with Crippen molar-refractivity contribution in [3.05, 3.63) is 65.2 Å². The average Bonchev–Trinajstić information content (AvgIpc) is 3.08. The van der Waals surface area contributed by atoms with Crippen molar-refractivity contribution in [2.45, 2.75) is 11.7 Å². The minimum Gasteiger partial charge on any atom is -0.351 e. The summed E-state index contributed by atoms with van der Waals surface area (Å²) in [6.45, 7) is 0.502. The zero-order chi connectivity index (χ0) is 16.8. The lowest BCUT2D eigenvalue weighted by Crippen LogP contribution is -2.24. The van der Waals surface area contributed by atoms with Gasteiger partial charge in [-0.3, -0.25) is 4.79 Å². The number of carbonyl (C=O) groups is 1. The van der Waals surface area contributed by atoms with Gasteiger partial charge in [-0.15, -0.1) is 5.10 Å². The smallest absolute Gasteiger partial charge is 0.230 e. The maximum atomic E-state index is 12.0. The molecule has 6 nitrogen and oxygen atoms in total. The predicted octanol–water partition coefficient (Wildman–Crippen LogP) is 2.72. The molecule has 8 heteroatoms. The molecule has 0 saturated heterocycles. The van der Waals surface area contributed by atoms with Crippen LogP contribution in [0, 0.1) is 0 Å². The molecule has 3 aromatic rings. The van der Waals surface area contributed by atoms with Gasteiger partial charge in [-0.1, -0.05) is 53.7 Å². The van der Waals surface area contributed by atoms with E-state index in [0.29, 0.717) is 16.7 Å². The molecule has 0 aliphatic heterocycles. The summed E-state index contributed by atoms with van der Waals surface area (Å²) in [5, 5.41) is 15.6. The zero-order valence-electron chi connectivity index (χ0n) is 12.6. The Bertz CT molecular complexity index is 807. The van der Waals surface area contributed by atoms with Crippen LogP contribution in [0.2, 0.25) is 5.02 Å². The maximum Gasteiger partial charge on any atom is 0.230 e. The first-order valence-electron chi connectivity index (χ1n) is 7.20. The standard InChI is InChI=1S/C16H14ClN5OS/c17-13-6-8-14(9-7-13)22-16(19-20-21-22)24-11-15(23)18-10-12-4-2-1-3-5-12/h1-9H,10-11H2,(H,18,23). The van der Waals surface area contributed by atoms with Crippen LogP contribution in [0.1, 0.15) is 5.56 Å². The Morgan fingerprint density at radius 2 is 1.88 bits per heavy atom. The van der Waals surface area contributed by atoms with Crippen LogP contribution in [0.3, 0.4) is 0 Å². The van der Waals surface area contributed by atoms with Gasteiger partial charge < -0.3 is 5.32 Å². The quantitative estimate of drug-likeness (QED) is 0.685. The molecule has 0 atom stereocenters. The average molecular weight is 360 g/mol. The molecule has 1 heterocycles. The highest BCUT2D eigenvalue weighted by Crippen LogP contribution is 2.19. The number of thioether (sulfide) groups is 1. The molecule has 0 fully saturated rings. The molecule has 24 heavy (non-hydrogen) atoms. The van der Waals surface area contributed by atoms with E-state index in [2.05, 4.69) is 20.8 Å². The summed E-state index contributed by atoms with van der Waals surface area (Å²) >= 11 is 7.16. The number of hydrogen-bond acceptors (Lipinski definition) is 5. The normalized spacial score (nSPS) is 10.5. The van der Waals surface area contributed by atoms with E-state index in [0.717, 1.165) is 11.3 Å². The fraction of sp³-hybridized carbons (Fsp3) is 0.125. The van der Waals surface area contributed by atoms with Gasteiger partial charge in [0.05, 0.1) is 11.4 Å². The number of carbonyl (C=O) groups excluding carboxylic acids is 1. The highest BCUT2D eigenvalue weighted by atomic mass is 35.5. The van der Waals surface area contributed by atoms with E-state index >= 15 is 0 Å². The van der Waals surface area contributed by atoms with Crippen LogP contribution in [0.5, 0.6) is 0 Å². The minimum absolute atomic E-state index is 0.0745. The monoisotopic (exact) mass is 359 g/mol. The summed E-state index contributed by atoms with van der Waals surface area (Å²) in [5.74, 6) is 0.162. The molecular weight excluding hydrogens is 346 g/mol. The Hall–Kier alpha value is -2.38. The van der Waals surface area contributed by atoms with Gasteiger partial charge in [0.15, 0.2) is 0 Å². The second kappa shape index (κ2) is 7.94. The SMILES string of the molecule is O=C(CSc1nnnn1-c1ccc(Cl)cc1)NCc1ccccc1. The highest BCUT2D eigenvalue weighted by Gasteiger charge is 2.11. The lowest BCUT2D eigenvalue weighted by Gasteiger charge is -2.06. The number of hydrogen-bond donors (Lipinski definition) is 1. The summed E-state index contributed by atoms with van der Waals surface area (Å²) in [6.07, 6.45) is 0. The Labute approximate surface area is 148 Å².